The number of aromatic nitrogens is 3. The Morgan fingerprint density at radius 1 is 1.43 bits per heavy atom. The maximum Gasteiger partial charge on any atom is 0.227 e. The predicted molar refractivity (Wildman–Crippen MR) is 54.5 cm³/mol. The Balaban J connectivity index is 1.75. The SMILES string of the molecule is C1CC2(CCN(c3nnns3)C2)CN1. The van der Waals surface area contributed by atoms with Crippen molar-refractivity contribution in [1.82, 2.24) is 20.1 Å². The molecular formula is C8H13N5S. The van der Waals surface area contributed by atoms with Gasteiger partial charge in [-0.3, -0.25) is 0 Å². The average molecular weight is 211 g/mol. The van der Waals surface area contributed by atoms with Gasteiger partial charge in [-0.05, 0) is 24.6 Å². The van der Waals surface area contributed by atoms with Crippen LogP contribution in [0.5, 0.6) is 0 Å². The molecule has 1 spiro atoms. The molecule has 1 aromatic heterocycles. The molecule has 1 N–H and O–H groups in total. The van der Waals surface area contributed by atoms with Crippen LogP contribution >= 0.6 is 11.5 Å². The maximum absolute atomic E-state index is 4.02. The lowest BCUT2D eigenvalue weighted by atomic mass is 9.87. The van der Waals surface area contributed by atoms with Crippen LogP contribution in [0, 0.1) is 5.41 Å². The van der Waals surface area contributed by atoms with Crippen molar-refractivity contribution >= 4 is 16.7 Å². The summed E-state index contributed by atoms with van der Waals surface area (Å²) < 4.78 is 3.81. The molecule has 1 aromatic rings. The summed E-state index contributed by atoms with van der Waals surface area (Å²) in [5.74, 6) is 0. The number of rotatable bonds is 1. The first-order valence-electron chi connectivity index (χ1n) is 4.99. The monoisotopic (exact) mass is 211 g/mol. The lowest BCUT2D eigenvalue weighted by Crippen LogP contribution is -2.29. The van der Waals surface area contributed by atoms with Crippen LogP contribution in [-0.4, -0.2) is 41.0 Å². The van der Waals surface area contributed by atoms with Crippen LogP contribution in [0.25, 0.3) is 0 Å². The Labute approximate surface area is 86.7 Å². The molecule has 3 heterocycles. The van der Waals surface area contributed by atoms with Crippen LogP contribution in [-0.2, 0) is 0 Å². The minimum Gasteiger partial charge on any atom is -0.345 e. The quantitative estimate of drug-likeness (QED) is 0.715. The van der Waals surface area contributed by atoms with E-state index in [0.29, 0.717) is 5.41 Å². The molecule has 76 valence electrons. The van der Waals surface area contributed by atoms with Crippen molar-refractivity contribution in [3.8, 4) is 0 Å². The van der Waals surface area contributed by atoms with E-state index in [0.717, 1.165) is 24.8 Å². The zero-order valence-corrected chi connectivity index (χ0v) is 8.76. The van der Waals surface area contributed by atoms with E-state index in [1.807, 2.05) is 0 Å². The Hall–Kier alpha value is -0.750. The first-order chi connectivity index (χ1) is 6.88. The highest BCUT2D eigenvalue weighted by Gasteiger charge is 2.41. The number of nitrogens with one attached hydrogen (secondary N) is 1. The third-order valence-electron chi connectivity index (χ3n) is 3.33. The fraction of sp³-hybridized carbons (Fsp3) is 0.875. The third kappa shape index (κ3) is 1.29. The molecule has 2 fully saturated rings. The molecule has 2 aliphatic rings. The summed E-state index contributed by atoms with van der Waals surface area (Å²) in [5.41, 5.74) is 0.506. The van der Waals surface area contributed by atoms with Crippen molar-refractivity contribution in [1.29, 1.82) is 0 Å². The molecular weight excluding hydrogens is 198 g/mol. The fourth-order valence-electron chi connectivity index (χ4n) is 2.49. The van der Waals surface area contributed by atoms with E-state index < -0.39 is 0 Å². The maximum atomic E-state index is 4.02. The lowest BCUT2D eigenvalue weighted by Gasteiger charge is -2.21. The first kappa shape index (κ1) is 8.55. The molecule has 0 bridgehead atoms. The standard InChI is InChI=1S/C8H13N5S/c1-3-9-5-8(1)2-4-13(6-8)7-10-11-12-14-7/h9H,1-6H2. The van der Waals surface area contributed by atoms with Gasteiger partial charge in [-0.25, -0.2) is 0 Å². The van der Waals surface area contributed by atoms with Crippen LogP contribution in [0.4, 0.5) is 5.13 Å². The van der Waals surface area contributed by atoms with E-state index >= 15 is 0 Å². The van der Waals surface area contributed by atoms with Gasteiger partial charge >= 0.3 is 0 Å². The van der Waals surface area contributed by atoms with E-state index in [1.54, 1.807) is 0 Å². The van der Waals surface area contributed by atoms with Gasteiger partial charge in [0.1, 0.15) is 0 Å². The van der Waals surface area contributed by atoms with Gasteiger partial charge in [0.15, 0.2) is 0 Å². The number of anilines is 1. The molecule has 1 atom stereocenters. The summed E-state index contributed by atoms with van der Waals surface area (Å²) in [5, 5.41) is 12.1. The zero-order chi connectivity index (χ0) is 9.43. The van der Waals surface area contributed by atoms with Crippen LogP contribution in [0.1, 0.15) is 12.8 Å². The van der Waals surface area contributed by atoms with Crippen molar-refractivity contribution in [3.63, 3.8) is 0 Å². The van der Waals surface area contributed by atoms with E-state index in [4.69, 9.17) is 0 Å². The Morgan fingerprint density at radius 2 is 2.43 bits per heavy atom. The zero-order valence-electron chi connectivity index (χ0n) is 7.94. The third-order valence-corrected chi connectivity index (χ3v) is 3.99. The smallest absolute Gasteiger partial charge is 0.227 e. The van der Waals surface area contributed by atoms with Gasteiger partial charge in [0, 0.05) is 36.6 Å². The van der Waals surface area contributed by atoms with Crippen molar-refractivity contribution in [2.45, 2.75) is 12.8 Å². The van der Waals surface area contributed by atoms with Gasteiger partial charge in [-0.2, -0.15) is 0 Å². The molecule has 3 rings (SSSR count). The molecule has 0 amide bonds. The van der Waals surface area contributed by atoms with Crippen LogP contribution in [0.3, 0.4) is 0 Å². The van der Waals surface area contributed by atoms with Gasteiger partial charge in [0.2, 0.25) is 5.13 Å². The van der Waals surface area contributed by atoms with E-state index in [2.05, 4.69) is 25.0 Å². The molecule has 0 aliphatic carbocycles. The summed E-state index contributed by atoms with van der Waals surface area (Å²) in [4.78, 5) is 2.32. The summed E-state index contributed by atoms with van der Waals surface area (Å²) >= 11 is 1.40. The summed E-state index contributed by atoms with van der Waals surface area (Å²) in [6.07, 6.45) is 2.58. The average Bonchev–Trinajstić information content (AvgIpc) is 2.91. The van der Waals surface area contributed by atoms with Crippen LogP contribution in [0.15, 0.2) is 0 Å². The molecule has 2 aliphatic heterocycles. The van der Waals surface area contributed by atoms with Crippen molar-refractivity contribution in [2.24, 2.45) is 5.41 Å². The second-order valence-electron chi connectivity index (χ2n) is 4.24. The van der Waals surface area contributed by atoms with Gasteiger partial charge in [0.05, 0.1) is 0 Å². The van der Waals surface area contributed by atoms with E-state index in [9.17, 15) is 0 Å². The highest BCUT2D eigenvalue weighted by Crippen LogP contribution is 2.37. The van der Waals surface area contributed by atoms with Gasteiger partial charge in [0.25, 0.3) is 0 Å². The fourth-order valence-corrected chi connectivity index (χ4v) is 2.98. The van der Waals surface area contributed by atoms with Crippen molar-refractivity contribution < 1.29 is 0 Å². The molecule has 0 saturated carbocycles. The lowest BCUT2D eigenvalue weighted by molar-refractivity contribution is 0.369. The highest BCUT2D eigenvalue weighted by molar-refractivity contribution is 7.09. The van der Waals surface area contributed by atoms with Gasteiger partial charge < -0.3 is 10.2 Å². The van der Waals surface area contributed by atoms with Crippen LogP contribution in [0.2, 0.25) is 0 Å². The molecule has 0 radical (unpaired) electrons. The molecule has 6 heteroatoms. The van der Waals surface area contributed by atoms with Crippen molar-refractivity contribution in [3.05, 3.63) is 0 Å². The largest absolute Gasteiger partial charge is 0.345 e. The van der Waals surface area contributed by atoms with Crippen LogP contribution < -0.4 is 10.2 Å². The van der Waals surface area contributed by atoms with E-state index in [-0.39, 0.29) is 0 Å². The summed E-state index contributed by atoms with van der Waals surface area (Å²) in [6.45, 7) is 4.56. The van der Waals surface area contributed by atoms with Gasteiger partial charge in [-0.15, -0.1) is 0 Å². The van der Waals surface area contributed by atoms with Gasteiger partial charge in [-0.1, -0.05) is 9.59 Å². The van der Waals surface area contributed by atoms with E-state index in [1.165, 1.54) is 30.9 Å². The summed E-state index contributed by atoms with van der Waals surface area (Å²) in [7, 11) is 0. The number of nitrogens with zero attached hydrogens (tertiary/aromatic N) is 4. The Bertz CT molecular complexity index is 306. The predicted octanol–water partition coefficient (Wildman–Crippen LogP) is 0.123. The topological polar surface area (TPSA) is 53.9 Å². The normalized spacial score (nSPS) is 31.9. The molecule has 2 saturated heterocycles. The molecule has 14 heavy (non-hydrogen) atoms. The summed E-state index contributed by atoms with van der Waals surface area (Å²) in [6, 6.07) is 0. The number of hydrogen-bond donors (Lipinski definition) is 1. The minimum absolute atomic E-state index is 0.506. The second-order valence-corrected chi connectivity index (χ2v) is 4.95. The molecule has 5 nitrogen and oxygen atoms in total. The first-order valence-corrected chi connectivity index (χ1v) is 5.76. The second kappa shape index (κ2) is 3.13. The molecule has 0 aromatic carbocycles. The Morgan fingerprint density at radius 3 is 3.14 bits per heavy atom. The number of hydrogen-bond acceptors (Lipinski definition) is 6. The highest BCUT2D eigenvalue weighted by atomic mass is 32.1. The molecule has 1 unspecified atom stereocenters. The minimum atomic E-state index is 0.506. The Kier molecular flexibility index (Phi) is 1.91. The van der Waals surface area contributed by atoms with Crippen molar-refractivity contribution in [2.75, 3.05) is 31.1 Å².